The van der Waals surface area contributed by atoms with Gasteiger partial charge in [-0.2, -0.15) is 11.8 Å². The van der Waals surface area contributed by atoms with Crippen molar-refractivity contribution < 1.29 is 19.8 Å². The topological polar surface area (TPSA) is 74.6 Å². The Labute approximate surface area is 100 Å². The molecule has 2 N–H and O–H groups in total. The van der Waals surface area contributed by atoms with Gasteiger partial charge >= 0.3 is 11.9 Å². The number of thioether (sulfide) groups is 1. The average molecular weight is 248 g/mol. The Morgan fingerprint density at radius 2 is 1.38 bits per heavy atom. The van der Waals surface area contributed by atoms with E-state index in [1.165, 1.54) is 11.8 Å². The minimum atomic E-state index is -0.751. The molecule has 0 bridgehead atoms. The number of aliphatic carboxylic acids is 2. The number of hydrogen-bond acceptors (Lipinski definition) is 3. The summed E-state index contributed by atoms with van der Waals surface area (Å²) >= 11 is 1.46. The van der Waals surface area contributed by atoms with Crippen LogP contribution in [-0.2, 0) is 9.59 Å². The molecule has 0 aliphatic carbocycles. The predicted molar refractivity (Wildman–Crippen MR) is 64.9 cm³/mol. The van der Waals surface area contributed by atoms with Crippen LogP contribution in [0.3, 0.4) is 0 Å². The molecule has 0 spiro atoms. The van der Waals surface area contributed by atoms with Gasteiger partial charge in [0.05, 0.1) is 5.75 Å². The molecule has 0 fully saturated rings. The van der Waals surface area contributed by atoms with Crippen molar-refractivity contribution in [1.29, 1.82) is 0 Å². The lowest BCUT2D eigenvalue weighted by Crippen LogP contribution is -1.98. The molecule has 5 heteroatoms. The summed E-state index contributed by atoms with van der Waals surface area (Å²) in [5.74, 6) is -0.371. The highest BCUT2D eigenvalue weighted by molar-refractivity contribution is 7.99. The van der Waals surface area contributed by atoms with Crippen molar-refractivity contribution in [2.24, 2.45) is 0 Å². The highest BCUT2D eigenvalue weighted by Crippen LogP contribution is 2.10. The molecule has 0 aromatic rings. The summed E-state index contributed by atoms with van der Waals surface area (Å²) in [6.45, 7) is 0. The minimum Gasteiger partial charge on any atom is -0.481 e. The summed E-state index contributed by atoms with van der Waals surface area (Å²) in [5.41, 5.74) is 0. The SMILES string of the molecule is O=C(O)CCCCCCCCSCC(=O)O. The third kappa shape index (κ3) is 13.3. The Balaban J connectivity index is 2.98. The van der Waals surface area contributed by atoms with Crippen molar-refractivity contribution in [3.05, 3.63) is 0 Å². The molecule has 0 aliphatic rings. The van der Waals surface area contributed by atoms with Gasteiger partial charge in [-0.1, -0.05) is 25.7 Å². The first kappa shape index (κ1) is 15.3. The van der Waals surface area contributed by atoms with E-state index in [-0.39, 0.29) is 12.2 Å². The van der Waals surface area contributed by atoms with E-state index < -0.39 is 11.9 Å². The second-order valence-electron chi connectivity index (χ2n) is 3.71. The van der Waals surface area contributed by atoms with Crippen molar-refractivity contribution in [3.8, 4) is 0 Å². The maximum Gasteiger partial charge on any atom is 0.313 e. The van der Waals surface area contributed by atoms with Crippen molar-refractivity contribution in [1.82, 2.24) is 0 Å². The lowest BCUT2D eigenvalue weighted by atomic mass is 10.1. The zero-order valence-corrected chi connectivity index (χ0v) is 10.3. The first-order valence-corrected chi connectivity index (χ1v) is 6.79. The fraction of sp³-hybridized carbons (Fsp3) is 0.818. The van der Waals surface area contributed by atoms with Crippen LogP contribution >= 0.6 is 11.8 Å². The Morgan fingerprint density at radius 1 is 0.812 bits per heavy atom. The van der Waals surface area contributed by atoms with Crippen LogP contribution in [0.15, 0.2) is 0 Å². The van der Waals surface area contributed by atoms with Crippen LogP contribution in [-0.4, -0.2) is 33.7 Å². The molecular formula is C11H20O4S. The standard InChI is InChI=1S/C11H20O4S/c12-10(13)7-5-3-1-2-4-6-8-16-9-11(14)15/h1-9H2,(H,12,13)(H,14,15). The fourth-order valence-corrected chi connectivity index (χ4v) is 2.07. The van der Waals surface area contributed by atoms with Gasteiger partial charge in [0.1, 0.15) is 0 Å². The molecule has 0 amide bonds. The van der Waals surface area contributed by atoms with E-state index in [2.05, 4.69) is 0 Å². The molecule has 94 valence electrons. The van der Waals surface area contributed by atoms with Crippen LogP contribution in [0.5, 0.6) is 0 Å². The van der Waals surface area contributed by atoms with Gasteiger partial charge < -0.3 is 10.2 Å². The molecule has 16 heavy (non-hydrogen) atoms. The van der Waals surface area contributed by atoms with E-state index in [0.29, 0.717) is 0 Å². The lowest BCUT2D eigenvalue weighted by Gasteiger charge is -2.00. The number of rotatable bonds is 11. The number of unbranched alkanes of at least 4 members (excludes halogenated alkanes) is 5. The minimum absolute atomic E-state index is 0.193. The molecule has 0 radical (unpaired) electrons. The monoisotopic (exact) mass is 248 g/mol. The van der Waals surface area contributed by atoms with Crippen molar-refractivity contribution in [2.45, 2.75) is 44.9 Å². The zero-order valence-electron chi connectivity index (χ0n) is 9.48. The Bertz CT molecular complexity index is 184. The van der Waals surface area contributed by atoms with Gasteiger partial charge in [-0.3, -0.25) is 9.59 Å². The molecular weight excluding hydrogens is 228 g/mol. The van der Waals surface area contributed by atoms with Gasteiger partial charge in [0.25, 0.3) is 0 Å². The predicted octanol–water partition coefficient (Wildman–Crippen LogP) is 2.62. The second-order valence-corrected chi connectivity index (χ2v) is 4.82. The van der Waals surface area contributed by atoms with Crippen molar-refractivity contribution >= 4 is 23.7 Å². The Morgan fingerprint density at radius 3 is 1.94 bits per heavy atom. The van der Waals surface area contributed by atoms with Gasteiger partial charge in [0, 0.05) is 6.42 Å². The Kier molecular flexibility index (Phi) is 10.3. The van der Waals surface area contributed by atoms with Gasteiger partial charge in [-0.05, 0) is 18.6 Å². The summed E-state index contributed by atoms with van der Waals surface area (Å²) in [6, 6.07) is 0. The van der Waals surface area contributed by atoms with Crippen molar-refractivity contribution in [2.75, 3.05) is 11.5 Å². The van der Waals surface area contributed by atoms with E-state index in [9.17, 15) is 9.59 Å². The molecule has 0 saturated heterocycles. The van der Waals surface area contributed by atoms with Gasteiger partial charge in [0.2, 0.25) is 0 Å². The maximum absolute atomic E-state index is 10.2. The van der Waals surface area contributed by atoms with E-state index in [1.807, 2.05) is 0 Å². The third-order valence-electron chi connectivity index (χ3n) is 2.15. The quantitative estimate of drug-likeness (QED) is 0.550. The Hall–Kier alpha value is -0.710. The first-order valence-electron chi connectivity index (χ1n) is 5.64. The number of hydrogen-bond donors (Lipinski definition) is 2. The molecule has 0 heterocycles. The maximum atomic E-state index is 10.2. The first-order chi connectivity index (χ1) is 7.63. The van der Waals surface area contributed by atoms with Crippen LogP contribution in [0.1, 0.15) is 44.9 Å². The van der Waals surface area contributed by atoms with Crippen LogP contribution in [0.4, 0.5) is 0 Å². The van der Waals surface area contributed by atoms with Crippen LogP contribution < -0.4 is 0 Å². The van der Waals surface area contributed by atoms with E-state index in [4.69, 9.17) is 10.2 Å². The molecule has 4 nitrogen and oxygen atoms in total. The van der Waals surface area contributed by atoms with Crippen LogP contribution in [0.25, 0.3) is 0 Å². The molecule has 0 aromatic carbocycles. The summed E-state index contributed by atoms with van der Waals surface area (Å²) in [6.07, 6.45) is 6.38. The summed E-state index contributed by atoms with van der Waals surface area (Å²) in [7, 11) is 0. The molecule has 0 saturated carbocycles. The molecule has 0 aliphatic heterocycles. The van der Waals surface area contributed by atoms with Crippen molar-refractivity contribution in [3.63, 3.8) is 0 Å². The summed E-state index contributed by atoms with van der Waals surface area (Å²) in [5, 5.41) is 16.8. The normalized spacial score (nSPS) is 10.2. The van der Waals surface area contributed by atoms with Gasteiger partial charge in [-0.25, -0.2) is 0 Å². The number of carboxylic acids is 2. The third-order valence-corrected chi connectivity index (χ3v) is 3.18. The van der Waals surface area contributed by atoms with Crippen LogP contribution in [0.2, 0.25) is 0 Å². The molecule has 0 atom stereocenters. The highest BCUT2D eigenvalue weighted by Gasteiger charge is 1.98. The van der Waals surface area contributed by atoms with E-state index in [0.717, 1.165) is 44.3 Å². The zero-order chi connectivity index (χ0) is 12.2. The summed E-state index contributed by atoms with van der Waals surface area (Å²) < 4.78 is 0. The van der Waals surface area contributed by atoms with Gasteiger partial charge in [-0.15, -0.1) is 0 Å². The largest absolute Gasteiger partial charge is 0.481 e. The fourth-order valence-electron chi connectivity index (χ4n) is 1.35. The number of carboxylic acid groups (broad SMARTS) is 2. The number of carbonyl (C=O) groups is 2. The smallest absolute Gasteiger partial charge is 0.313 e. The second kappa shape index (κ2) is 10.8. The van der Waals surface area contributed by atoms with E-state index in [1.54, 1.807) is 0 Å². The highest BCUT2D eigenvalue weighted by atomic mass is 32.2. The average Bonchev–Trinajstić information content (AvgIpc) is 2.20. The van der Waals surface area contributed by atoms with E-state index >= 15 is 0 Å². The lowest BCUT2D eigenvalue weighted by molar-refractivity contribution is -0.137. The van der Waals surface area contributed by atoms with Crippen LogP contribution in [0, 0.1) is 0 Å². The summed E-state index contributed by atoms with van der Waals surface area (Å²) in [4.78, 5) is 20.4. The molecule has 0 aromatic heterocycles. The molecule has 0 unspecified atom stereocenters. The van der Waals surface area contributed by atoms with Gasteiger partial charge in [0.15, 0.2) is 0 Å². The molecule has 0 rings (SSSR count).